The molecule has 0 N–H and O–H groups in total. The van der Waals surface area contributed by atoms with E-state index in [0.717, 1.165) is 43.5 Å². The summed E-state index contributed by atoms with van der Waals surface area (Å²) in [5.41, 5.74) is 1.26. The number of hydrogen-bond acceptors (Lipinski definition) is 5. The maximum absolute atomic E-state index is 12.2. The van der Waals surface area contributed by atoms with E-state index in [0.29, 0.717) is 6.54 Å². The van der Waals surface area contributed by atoms with Gasteiger partial charge in [-0.05, 0) is 64.9 Å². The van der Waals surface area contributed by atoms with E-state index in [4.69, 9.17) is 4.74 Å². The van der Waals surface area contributed by atoms with Crippen LogP contribution in [-0.2, 0) is 16.1 Å². The Morgan fingerprint density at radius 1 is 1.19 bits per heavy atom. The van der Waals surface area contributed by atoms with Crippen LogP contribution >= 0.6 is 0 Å². The van der Waals surface area contributed by atoms with Gasteiger partial charge < -0.3 is 14.2 Å². The van der Waals surface area contributed by atoms with Crippen molar-refractivity contribution in [2.75, 3.05) is 19.6 Å². The lowest BCUT2D eigenvalue weighted by Gasteiger charge is -2.32. The predicted octanol–water partition coefficient (Wildman–Crippen LogP) is 2.45. The smallest absolute Gasteiger partial charge is 0.309 e. The highest BCUT2D eigenvalue weighted by molar-refractivity contribution is 5.74. The molecule has 1 saturated heterocycles. The zero-order valence-electron chi connectivity index (χ0n) is 15.8. The number of piperidine rings is 1. The molecule has 140 valence electrons. The van der Waals surface area contributed by atoms with Crippen LogP contribution in [0.4, 0.5) is 0 Å². The van der Waals surface area contributed by atoms with E-state index in [1.165, 1.54) is 0 Å². The Morgan fingerprint density at radius 2 is 1.92 bits per heavy atom. The lowest BCUT2D eigenvalue weighted by Crippen LogP contribution is -2.40. The average Bonchev–Trinajstić information content (AvgIpc) is 2.60. The minimum absolute atomic E-state index is 0.00543. The van der Waals surface area contributed by atoms with Gasteiger partial charge >= 0.3 is 5.97 Å². The van der Waals surface area contributed by atoms with Gasteiger partial charge in [-0.2, -0.15) is 0 Å². The third-order valence-electron chi connectivity index (χ3n) is 4.72. The minimum Gasteiger partial charge on any atom is -0.460 e. The lowest BCUT2D eigenvalue weighted by atomic mass is 9.96. The number of pyridine rings is 2. The first-order valence-corrected chi connectivity index (χ1v) is 9.23. The molecule has 6 nitrogen and oxygen atoms in total. The van der Waals surface area contributed by atoms with E-state index < -0.39 is 5.60 Å². The molecule has 26 heavy (non-hydrogen) atoms. The summed E-state index contributed by atoms with van der Waals surface area (Å²) in [5, 5.41) is 0. The van der Waals surface area contributed by atoms with Crippen LogP contribution in [0.2, 0.25) is 0 Å². The Morgan fingerprint density at radius 3 is 2.62 bits per heavy atom. The second-order valence-corrected chi connectivity index (χ2v) is 7.88. The quantitative estimate of drug-likeness (QED) is 0.787. The van der Waals surface area contributed by atoms with E-state index in [9.17, 15) is 9.59 Å². The molecular weight excluding hydrogens is 330 g/mol. The number of hydrogen-bond donors (Lipinski definition) is 0. The van der Waals surface area contributed by atoms with Gasteiger partial charge in [-0.25, -0.2) is 0 Å². The highest BCUT2D eigenvalue weighted by atomic mass is 16.6. The van der Waals surface area contributed by atoms with Crippen LogP contribution in [0, 0.1) is 5.92 Å². The topological polar surface area (TPSA) is 64.4 Å². The number of ether oxygens (including phenoxy) is 1. The highest BCUT2D eigenvalue weighted by Crippen LogP contribution is 2.21. The monoisotopic (exact) mass is 357 g/mol. The zero-order valence-corrected chi connectivity index (χ0v) is 15.8. The molecule has 0 amide bonds. The Bertz CT molecular complexity index is 830. The molecule has 0 aliphatic carbocycles. The summed E-state index contributed by atoms with van der Waals surface area (Å²) in [6.45, 7) is 8.81. The van der Waals surface area contributed by atoms with Crippen molar-refractivity contribution in [1.82, 2.24) is 14.5 Å². The van der Waals surface area contributed by atoms with Crippen LogP contribution < -0.4 is 5.56 Å². The average molecular weight is 357 g/mol. The normalized spacial score (nSPS) is 16.7. The van der Waals surface area contributed by atoms with Gasteiger partial charge in [0.2, 0.25) is 0 Å². The fraction of sp³-hybridized carbons (Fsp3) is 0.550. The van der Waals surface area contributed by atoms with Gasteiger partial charge in [0.1, 0.15) is 5.60 Å². The number of esters is 1. The molecule has 2 aromatic rings. The fourth-order valence-electron chi connectivity index (χ4n) is 3.37. The van der Waals surface area contributed by atoms with Crippen molar-refractivity contribution >= 4 is 17.0 Å². The number of fused-ring (bicyclic) bond motifs is 1. The first kappa shape index (κ1) is 18.6. The summed E-state index contributed by atoms with van der Waals surface area (Å²) < 4.78 is 7.28. The third-order valence-corrected chi connectivity index (χ3v) is 4.72. The van der Waals surface area contributed by atoms with Crippen molar-refractivity contribution in [1.29, 1.82) is 0 Å². The van der Waals surface area contributed by atoms with Gasteiger partial charge in [0.25, 0.3) is 5.56 Å². The Kier molecular flexibility index (Phi) is 5.41. The van der Waals surface area contributed by atoms with Gasteiger partial charge in [-0.15, -0.1) is 0 Å². The molecule has 3 rings (SSSR count). The van der Waals surface area contributed by atoms with E-state index in [1.807, 2.05) is 32.9 Å². The molecule has 1 aliphatic rings. The summed E-state index contributed by atoms with van der Waals surface area (Å²) in [4.78, 5) is 31.1. The van der Waals surface area contributed by atoms with E-state index in [2.05, 4.69) is 9.88 Å². The minimum atomic E-state index is -0.433. The van der Waals surface area contributed by atoms with E-state index in [-0.39, 0.29) is 17.4 Å². The van der Waals surface area contributed by atoms with Crippen molar-refractivity contribution in [3.05, 3.63) is 40.8 Å². The molecule has 0 atom stereocenters. The van der Waals surface area contributed by atoms with Crippen LogP contribution in [0.15, 0.2) is 35.3 Å². The number of aromatic nitrogens is 2. The molecule has 1 fully saturated rings. The van der Waals surface area contributed by atoms with Crippen LogP contribution in [0.25, 0.3) is 11.0 Å². The maximum Gasteiger partial charge on any atom is 0.309 e. The van der Waals surface area contributed by atoms with Gasteiger partial charge in [0.15, 0.2) is 0 Å². The van der Waals surface area contributed by atoms with E-state index in [1.54, 1.807) is 22.9 Å². The summed E-state index contributed by atoms with van der Waals surface area (Å²) in [6, 6.07) is 7.12. The Balaban J connectivity index is 1.57. The Labute approximate surface area is 153 Å². The molecular formula is C20H27N3O3. The third kappa shape index (κ3) is 4.49. The zero-order chi connectivity index (χ0) is 18.7. The predicted molar refractivity (Wildman–Crippen MR) is 101 cm³/mol. The van der Waals surface area contributed by atoms with Crippen LogP contribution in [-0.4, -0.2) is 45.7 Å². The van der Waals surface area contributed by atoms with Gasteiger partial charge in [0, 0.05) is 25.4 Å². The fourth-order valence-corrected chi connectivity index (χ4v) is 3.37. The van der Waals surface area contributed by atoms with E-state index >= 15 is 0 Å². The standard InChI is InChI=1S/C20H27N3O3/c1-20(2,3)26-19(25)15-8-11-22(12-9-15)13-14-23-17-5-4-10-21-16(17)6-7-18(23)24/h4-7,10,15H,8-9,11-14H2,1-3H3. The highest BCUT2D eigenvalue weighted by Gasteiger charge is 2.28. The van der Waals surface area contributed by atoms with Crippen molar-refractivity contribution in [3.8, 4) is 0 Å². The van der Waals surface area contributed by atoms with Crippen LogP contribution in [0.3, 0.4) is 0 Å². The second kappa shape index (κ2) is 7.58. The summed E-state index contributed by atoms with van der Waals surface area (Å²) >= 11 is 0. The molecule has 0 radical (unpaired) electrons. The molecule has 1 aliphatic heterocycles. The van der Waals surface area contributed by atoms with Crippen molar-refractivity contribution in [3.63, 3.8) is 0 Å². The first-order chi connectivity index (χ1) is 12.3. The number of carbonyl (C=O) groups is 1. The maximum atomic E-state index is 12.2. The molecule has 6 heteroatoms. The first-order valence-electron chi connectivity index (χ1n) is 9.23. The van der Waals surface area contributed by atoms with Gasteiger partial charge in [0.05, 0.1) is 17.0 Å². The van der Waals surface area contributed by atoms with Crippen LogP contribution in [0.5, 0.6) is 0 Å². The number of carbonyl (C=O) groups excluding carboxylic acids is 1. The van der Waals surface area contributed by atoms with Crippen LogP contribution in [0.1, 0.15) is 33.6 Å². The molecule has 0 bridgehead atoms. The number of likely N-dealkylation sites (tertiary alicyclic amines) is 1. The molecule has 3 heterocycles. The second-order valence-electron chi connectivity index (χ2n) is 7.88. The van der Waals surface area contributed by atoms with Gasteiger partial charge in [-0.1, -0.05) is 0 Å². The lowest BCUT2D eigenvalue weighted by molar-refractivity contribution is -0.161. The van der Waals surface area contributed by atoms with Crippen molar-refractivity contribution in [2.45, 2.75) is 45.8 Å². The SMILES string of the molecule is CC(C)(C)OC(=O)C1CCN(CCn2c(=O)ccc3ncccc32)CC1. The molecule has 0 spiro atoms. The largest absolute Gasteiger partial charge is 0.460 e. The molecule has 0 unspecified atom stereocenters. The summed E-state index contributed by atoms with van der Waals surface area (Å²) in [7, 11) is 0. The van der Waals surface area contributed by atoms with Crippen molar-refractivity contribution in [2.24, 2.45) is 5.92 Å². The summed E-state index contributed by atoms with van der Waals surface area (Å²) in [6.07, 6.45) is 3.35. The Hall–Kier alpha value is -2.21. The van der Waals surface area contributed by atoms with Crippen molar-refractivity contribution < 1.29 is 9.53 Å². The number of rotatable bonds is 4. The molecule has 2 aromatic heterocycles. The van der Waals surface area contributed by atoms with Gasteiger partial charge in [-0.3, -0.25) is 14.6 Å². The number of nitrogens with zero attached hydrogens (tertiary/aromatic N) is 3. The molecule has 0 saturated carbocycles. The molecule has 0 aromatic carbocycles. The summed E-state index contributed by atoms with van der Waals surface area (Å²) in [5.74, 6) is -0.108.